The minimum absolute atomic E-state index is 0.0306. The summed E-state index contributed by atoms with van der Waals surface area (Å²) >= 11 is 9.13. The highest BCUT2D eigenvalue weighted by molar-refractivity contribution is 9.09. The Hall–Kier alpha value is -1.41. The molecule has 0 radical (unpaired) electrons. The van der Waals surface area contributed by atoms with E-state index in [1.54, 1.807) is 0 Å². The molecule has 1 atom stereocenters. The molecule has 0 amide bonds. The van der Waals surface area contributed by atoms with Crippen molar-refractivity contribution in [2.24, 2.45) is 0 Å². The highest BCUT2D eigenvalue weighted by atomic mass is 79.9. The second-order valence-corrected chi connectivity index (χ2v) is 6.08. The van der Waals surface area contributed by atoms with E-state index >= 15 is 0 Å². The van der Waals surface area contributed by atoms with E-state index in [-0.39, 0.29) is 22.0 Å². The van der Waals surface area contributed by atoms with Gasteiger partial charge in [-0.05, 0) is 31.2 Å². The van der Waals surface area contributed by atoms with Crippen LogP contribution in [-0.4, -0.2) is 16.1 Å². The van der Waals surface area contributed by atoms with Crippen LogP contribution < -0.4 is 10.3 Å². The SMILES string of the molecule is CC(Br)c1[nH]n(-c2ccc(OC(F)(F)F)cc2)c(=O)c1CCl. The molecule has 0 spiro atoms. The molecule has 1 unspecified atom stereocenters. The maximum Gasteiger partial charge on any atom is 0.573 e. The van der Waals surface area contributed by atoms with Crippen LogP contribution in [0, 0.1) is 0 Å². The minimum Gasteiger partial charge on any atom is -0.406 e. The van der Waals surface area contributed by atoms with E-state index in [9.17, 15) is 18.0 Å². The summed E-state index contributed by atoms with van der Waals surface area (Å²) in [6.07, 6.45) is -4.75. The molecule has 2 aromatic rings. The highest BCUT2D eigenvalue weighted by Gasteiger charge is 2.31. The molecule has 120 valence electrons. The number of H-pyrrole nitrogens is 1. The summed E-state index contributed by atoms with van der Waals surface area (Å²) in [5.41, 5.74) is 1.06. The third-order valence-corrected chi connectivity index (χ3v) is 3.60. The van der Waals surface area contributed by atoms with Crippen molar-refractivity contribution in [3.63, 3.8) is 0 Å². The number of halogens is 5. The van der Waals surface area contributed by atoms with Crippen LogP contribution in [0.2, 0.25) is 0 Å². The largest absolute Gasteiger partial charge is 0.573 e. The number of alkyl halides is 5. The maximum absolute atomic E-state index is 12.3. The molecule has 0 saturated heterocycles. The maximum atomic E-state index is 12.3. The normalized spacial score (nSPS) is 13.2. The first-order chi connectivity index (χ1) is 10.2. The number of benzene rings is 1. The average Bonchev–Trinajstić information content (AvgIpc) is 2.75. The number of aromatic nitrogens is 2. The molecular weight excluding hydrogens is 389 g/mol. The van der Waals surface area contributed by atoms with Crippen LogP contribution in [0.3, 0.4) is 0 Å². The van der Waals surface area contributed by atoms with E-state index in [2.05, 4.69) is 25.8 Å². The van der Waals surface area contributed by atoms with Gasteiger partial charge in [-0.25, -0.2) is 4.68 Å². The first kappa shape index (κ1) is 17.0. The summed E-state index contributed by atoms with van der Waals surface area (Å²) < 4.78 is 41.4. The fourth-order valence-electron chi connectivity index (χ4n) is 1.93. The molecule has 4 nitrogen and oxygen atoms in total. The smallest absolute Gasteiger partial charge is 0.406 e. The number of nitrogens with zero attached hydrogens (tertiary/aromatic N) is 1. The Bertz CT molecular complexity index is 708. The molecule has 0 aliphatic carbocycles. The Morgan fingerprint density at radius 3 is 2.36 bits per heavy atom. The number of hydrogen-bond acceptors (Lipinski definition) is 2. The van der Waals surface area contributed by atoms with Gasteiger partial charge in [0.15, 0.2) is 0 Å². The number of rotatable bonds is 4. The topological polar surface area (TPSA) is 47.0 Å². The lowest BCUT2D eigenvalue weighted by atomic mass is 10.2. The third kappa shape index (κ3) is 3.67. The zero-order valence-corrected chi connectivity index (χ0v) is 13.6. The summed E-state index contributed by atoms with van der Waals surface area (Å²) in [4.78, 5) is 12.1. The Labute approximate surface area is 136 Å². The lowest BCUT2D eigenvalue weighted by molar-refractivity contribution is -0.274. The van der Waals surface area contributed by atoms with Gasteiger partial charge in [-0.2, -0.15) is 0 Å². The molecular formula is C13H11BrClF3N2O2. The van der Waals surface area contributed by atoms with Crippen molar-refractivity contribution in [2.75, 3.05) is 0 Å². The third-order valence-electron chi connectivity index (χ3n) is 2.88. The second kappa shape index (κ2) is 6.37. The highest BCUT2D eigenvalue weighted by Crippen LogP contribution is 2.25. The lowest BCUT2D eigenvalue weighted by Crippen LogP contribution is -2.18. The molecule has 0 fully saturated rings. The Morgan fingerprint density at radius 2 is 1.95 bits per heavy atom. The van der Waals surface area contributed by atoms with Gasteiger partial charge in [0.05, 0.1) is 27.7 Å². The Balaban J connectivity index is 2.39. The molecule has 0 saturated carbocycles. The van der Waals surface area contributed by atoms with Gasteiger partial charge in [-0.1, -0.05) is 15.9 Å². The monoisotopic (exact) mass is 398 g/mol. The summed E-state index contributed by atoms with van der Waals surface area (Å²) in [6.45, 7) is 1.83. The van der Waals surface area contributed by atoms with Gasteiger partial charge in [0, 0.05) is 0 Å². The van der Waals surface area contributed by atoms with Crippen LogP contribution in [0.4, 0.5) is 13.2 Å². The van der Waals surface area contributed by atoms with Crippen molar-refractivity contribution in [3.05, 3.63) is 45.9 Å². The van der Waals surface area contributed by atoms with E-state index in [4.69, 9.17) is 11.6 Å². The van der Waals surface area contributed by atoms with E-state index in [0.29, 0.717) is 16.9 Å². The second-order valence-electron chi connectivity index (χ2n) is 4.44. The predicted octanol–water partition coefficient (Wildman–Crippen LogP) is 4.26. The van der Waals surface area contributed by atoms with Crippen molar-refractivity contribution in [1.29, 1.82) is 0 Å². The van der Waals surface area contributed by atoms with Gasteiger partial charge in [0.1, 0.15) is 5.75 Å². The first-order valence-electron chi connectivity index (χ1n) is 6.13. The Morgan fingerprint density at radius 1 is 1.36 bits per heavy atom. The number of nitrogens with one attached hydrogen (secondary N) is 1. The molecule has 0 aliphatic rings. The molecule has 22 heavy (non-hydrogen) atoms. The van der Waals surface area contributed by atoms with Gasteiger partial charge in [-0.15, -0.1) is 24.8 Å². The van der Waals surface area contributed by atoms with E-state index in [1.165, 1.54) is 16.8 Å². The molecule has 1 N–H and O–H groups in total. The predicted molar refractivity (Wildman–Crippen MR) is 80.0 cm³/mol. The van der Waals surface area contributed by atoms with Crippen molar-refractivity contribution >= 4 is 27.5 Å². The first-order valence-corrected chi connectivity index (χ1v) is 7.58. The zero-order chi connectivity index (χ0) is 16.5. The molecule has 2 rings (SSSR count). The van der Waals surface area contributed by atoms with Crippen molar-refractivity contribution in [1.82, 2.24) is 9.78 Å². The number of ether oxygens (including phenoxy) is 1. The molecule has 1 heterocycles. The van der Waals surface area contributed by atoms with Crippen molar-refractivity contribution in [3.8, 4) is 11.4 Å². The van der Waals surface area contributed by atoms with Crippen LogP contribution in [0.1, 0.15) is 23.0 Å². The standard InChI is InChI=1S/C13H11BrClF3N2O2/c1-7(14)11-10(6-15)12(21)20(19-11)8-2-4-9(5-3-8)22-13(16,17)18/h2-5,7,19H,6H2,1H3. The molecule has 0 aliphatic heterocycles. The van der Waals surface area contributed by atoms with Crippen molar-refractivity contribution in [2.45, 2.75) is 24.0 Å². The van der Waals surface area contributed by atoms with Crippen LogP contribution in [0.5, 0.6) is 5.75 Å². The fourth-order valence-corrected chi connectivity index (χ4v) is 2.56. The van der Waals surface area contributed by atoms with E-state index in [0.717, 1.165) is 12.1 Å². The number of hydrogen-bond donors (Lipinski definition) is 1. The van der Waals surface area contributed by atoms with Crippen LogP contribution >= 0.6 is 27.5 Å². The van der Waals surface area contributed by atoms with Crippen LogP contribution in [0.15, 0.2) is 29.1 Å². The average molecular weight is 400 g/mol. The van der Waals surface area contributed by atoms with Gasteiger partial charge >= 0.3 is 6.36 Å². The lowest BCUT2D eigenvalue weighted by Gasteiger charge is -2.09. The van der Waals surface area contributed by atoms with Gasteiger partial charge < -0.3 is 4.74 Å². The van der Waals surface area contributed by atoms with Crippen LogP contribution in [0.25, 0.3) is 5.69 Å². The van der Waals surface area contributed by atoms with E-state index < -0.39 is 6.36 Å². The molecule has 9 heteroatoms. The van der Waals surface area contributed by atoms with Crippen LogP contribution in [-0.2, 0) is 5.88 Å². The number of aromatic amines is 1. The Kier molecular flexibility index (Phi) is 4.91. The van der Waals surface area contributed by atoms with Crippen molar-refractivity contribution < 1.29 is 17.9 Å². The summed E-state index contributed by atoms with van der Waals surface area (Å²) in [5.74, 6) is -0.328. The summed E-state index contributed by atoms with van der Waals surface area (Å²) in [5, 5.41) is 2.89. The fraction of sp³-hybridized carbons (Fsp3) is 0.308. The summed E-state index contributed by atoms with van der Waals surface area (Å²) in [7, 11) is 0. The van der Waals surface area contributed by atoms with Gasteiger partial charge in [0.2, 0.25) is 0 Å². The molecule has 0 bridgehead atoms. The zero-order valence-electron chi connectivity index (χ0n) is 11.2. The molecule has 1 aromatic carbocycles. The van der Waals surface area contributed by atoms with Gasteiger partial charge in [0.25, 0.3) is 5.56 Å². The minimum atomic E-state index is -4.75. The van der Waals surface area contributed by atoms with Gasteiger partial charge in [-0.3, -0.25) is 9.89 Å². The van der Waals surface area contributed by atoms with E-state index in [1.807, 2.05) is 6.92 Å². The summed E-state index contributed by atoms with van der Waals surface area (Å²) in [6, 6.07) is 4.96. The molecule has 1 aromatic heterocycles. The quantitative estimate of drug-likeness (QED) is 0.781.